The molecule has 5 nitrogen and oxygen atoms in total. The lowest BCUT2D eigenvalue weighted by molar-refractivity contribution is -0.128. The van der Waals surface area contributed by atoms with Crippen molar-refractivity contribution < 1.29 is 13.2 Å². The number of aromatic nitrogens is 1. The second-order valence-corrected chi connectivity index (χ2v) is 8.87. The molecule has 120 valence electrons. The third-order valence-corrected chi connectivity index (χ3v) is 7.23. The van der Waals surface area contributed by atoms with Crippen LogP contribution in [0.25, 0.3) is 0 Å². The van der Waals surface area contributed by atoms with E-state index in [1.807, 2.05) is 19.9 Å². The van der Waals surface area contributed by atoms with Gasteiger partial charge in [-0.05, 0) is 36.3 Å². The SMILES string of the molecule is CC1(C)[C@@H]2CC[C@@]1(CS(=O)(=O)NCc1ccccn1)C(=O)C2. The van der Waals surface area contributed by atoms with Crippen molar-refractivity contribution in [1.29, 1.82) is 0 Å². The molecule has 0 aliphatic heterocycles. The number of fused-ring (bicyclic) bond motifs is 2. The summed E-state index contributed by atoms with van der Waals surface area (Å²) in [6.07, 6.45) is 3.80. The fourth-order valence-electron chi connectivity index (χ4n) is 4.17. The second kappa shape index (κ2) is 5.13. The maximum atomic E-state index is 12.5. The van der Waals surface area contributed by atoms with Crippen molar-refractivity contribution >= 4 is 15.8 Å². The highest BCUT2D eigenvalue weighted by atomic mass is 32.2. The Morgan fingerprint density at radius 2 is 2.14 bits per heavy atom. The highest BCUT2D eigenvalue weighted by Gasteiger charge is 2.65. The summed E-state index contributed by atoms with van der Waals surface area (Å²) in [4.78, 5) is 16.5. The van der Waals surface area contributed by atoms with Gasteiger partial charge in [0, 0.05) is 18.0 Å². The van der Waals surface area contributed by atoms with Gasteiger partial charge in [-0.15, -0.1) is 0 Å². The number of hydrogen-bond acceptors (Lipinski definition) is 4. The van der Waals surface area contributed by atoms with Gasteiger partial charge in [-0.1, -0.05) is 19.9 Å². The number of hydrogen-bond donors (Lipinski definition) is 1. The molecule has 1 aromatic heterocycles. The van der Waals surface area contributed by atoms with Crippen molar-refractivity contribution in [2.45, 2.75) is 39.7 Å². The molecular weight excluding hydrogens is 300 g/mol. The maximum absolute atomic E-state index is 12.5. The van der Waals surface area contributed by atoms with Crippen molar-refractivity contribution in [3.05, 3.63) is 30.1 Å². The quantitative estimate of drug-likeness (QED) is 0.898. The topological polar surface area (TPSA) is 76.1 Å². The molecule has 6 heteroatoms. The number of Topliss-reactive ketones (excluding diaryl/α,β-unsaturated/α-hetero) is 1. The molecule has 0 amide bonds. The van der Waals surface area contributed by atoms with Crippen LogP contribution in [0.5, 0.6) is 0 Å². The van der Waals surface area contributed by atoms with Crippen LogP contribution in [-0.2, 0) is 21.4 Å². The van der Waals surface area contributed by atoms with Crippen molar-refractivity contribution in [2.75, 3.05) is 5.75 Å². The Balaban J connectivity index is 1.75. The Morgan fingerprint density at radius 1 is 1.36 bits per heavy atom. The van der Waals surface area contributed by atoms with Crippen molar-refractivity contribution in [3.63, 3.8) is 0 Å². The molecule has 0 aromatic carbocycles. The van der Waals surface area contributed by atoms with E-state index in [0.717, 1.165) is 6.42 Å². The Labute approximate surface area is 131 Å². The fourth-order valence-corrected chi connectivity index (χ4v) is 5.97. The monoisotopic (exact) mass is 322 g/mol. The number of sulfonamides is 1. The summed E-state index contributed by atoms with van der Waals surface area (Å²) in [7, 11) is -3.52. The molecule has 2 aliphatic rings. The summed E-state index contributed by atoms with van der Waals surface area (Å²) < 4.78 is 27.6. The van der Waals surface area contributed by atoms with Crippen LogP contribution in [0.1, 0.15) is 38.8 Å². The minimum atomic E-state index is -3.52. The van der Waals surface area contributed by atoms with Gasteiger partial charge < -0.3 is 0 Å². The Hall–Kier alpha value is -1.27. The molecule has 2 aliphatic carbocycles. The average Bonchev–Trinajstić information content (AvgIpc) is 2.80. The molecule has 2 atom stereocenters. The predicted octanol–water partition coefficient (Wildman–Crippen LogP) is 1.90. The van der Waals surface area contributed by atoms with Gasteiger partial charge in [0.15, 0.2) is 0 Å². The number of ketones is 1. The zero-order valence-corrected chi connectivity index (χ0v) is 13.8. The van der Waals surface area contributed by atoms with Crippen molar-refractivity contribution in [1.82, 2.24) is 9.71 Å². The van der Waals surface area contributed by atoms with E-state index in [2.05, 4.69) is 9.71 Å². The van der Waals surface area contributed by atoms with E-state index in [9.17, 15) is 13.2 Å². The minimum absolute atomic E-state index is 0.102. The number of pyridine rings is 1. The summed E-state index contributed by atoms with van der Waals surface area (Å²) in [5.74, 6) is 0.345. The molecule has 2 bridgehead atoms. The Bertz CT molecular complexity index is 685. The van der Waals surface area contributed by atoms with Gasteiger partial charge in [0.2, 0.25) is 10.0 Å². The van der Waals surface area contributed by atoms with Crippen molar-refractivity contribution in [2.24, 2.45) is 16.7 Å². The summed E-state index contributed by atoms with van der Waals surface area (Å²) in [5, 5.41) is 0. The summed E-state index contributed by atoms with van der Waals surface area (Å²) >= 11 is 0. The molecule has 1 heterocycles. The largest absolute Gasteiger partial charge is 0.299 e. The second-order valence-electron chi connectivity index (χ2n) is 7.07. The van der Waals surface area contributed by atoms with Gasteiger partial charge in [-0.3, -0.25) is 9.78 Å². The van der Waals surface area contributed by atoms with E-state index in [1.165, 1.54) is 0 Å². The molecular formula is C16H22N2O3S. The first-order valence-corrected chi connectivity index (χ1v) is 9.33. The van der Waals surface area contributed by atoms with Crippen LogP contribution in [0.15, 0.2) is 24.4 Å². The van der Waals surface area contributed by atoms with Crippen LogP contribution in [-0.4, -0.2) is 24.9 Å². The Morgan fingerprint density at radius 3 is 2.68 bits per heavy atom. The normalized spacial score (nSPS) is 29.9. The van der Waals surface area contributed by atoms with Gasteiger partial charge in [0.25, 0.3) is 0 Å². The smallest absolute Gasteiger partial charge is 0.212 e. The van der Waals surface area contributed by atoms with E-state index in [4.69, 9.17) is 0 Å². The molecule has 22 heavy (non-hydrogen) atoms. The van der Waals surface area contributed by atoms with Crippen LogP contribution in [0.2, 0.25) is 0 Å². The van der Waals surface area contributed by atoms with Crippen LogP contribution < -0.4 is 4.72 Å². The molecule has 0 unspecified atom stereocenters. The standard InChI is InChI=1S/C16H22N2O3S/c1-15(2)12-6-7-16(15,14(19)9-12)11-22(20,21)18-10-13-5-3-4-8-17-13/h3-5,8,12,18H,6-7,9-11H2,1-2H3/t12-,16-/m1/s1. The average molecular weight is 322 g/mol. The molecule has 1 N–H and O–H groups in total. The summed E-state index contributed by atoms with van der Waals surface area (Å²) in [6.45, 7) is 4.25. The van der Waals surface area contributed by atoms with Gasteiger partial charge in [-0.2, -0.15) is 0 Å². The van der Waals surface area contributed by atoms with E-state index >= 15 is 0 Å². The van der Waals surface area contributed by atoms with Crippen LogP contribution >= 0.6 is 0 Å². The number of carbonyl (C=O) groups excluding carboxylic acids is 1. The minimum Gasteiger partial charge on any atom is -0.299 e. The lowest BCUT2D eigenvalue weighted by Gasteiger charge is -2.36. The zero-order chi connectivity index (χ0) is 16.0. The number of rotatable bonds is 5. The first kappa shape index (κ1) is 15.6. The molecule has 0 saturated heterocycles. The third kappa shape index (κ3) is 2.38. The Kier molecular flexibility index (Phi) is 3.64. The molecule has 2 fully saturated rings. The number of carbonyl (C=O) groups is 1. The summed E-state index contributed by atoms with van der Waals surface area (Å²) in [5.41, 5.74) is -0.276. The van der Waals surface area contributed by atoms with E-state index < -0.39 is 15.4 Å². The lowest BCUT2D eigenvalue weighted by atomic mass is 9.70. The molecule has 3 rings (SSSR count). The van der Waals surface area contributed by atoms with Crippen LogP contribution in [0.3, 0.4) is 0 Å². The fraction of sp³-hybridized carbons (Fsp3) is 0.625. The number of nitrogens with one attached hydrogen (secondary N) is 1. The first-order valence-electron chi connectivity index (χ1n) is 7.67. The van der Waals surface area contributed by atoms with Crippen molar-refractivity contribution in [3.8, 4) is 0 Å². The van der Waals surface area contributed by atoms with Gasteiger partial charge in [-0.25, -0.2) is 13.1 Å². The van der Waals surface area contributed by atoms with E-state index in [-0.39, 0.29) is 23.5 Å². The molecule has 2 saturated carbocycles. The van der Waals surface area contributed by atoms with Crippen LogP contribution in [0.4, 0.5) is 0 Å². The predicted molar refractivity (Wildman–Crippen MR) is 83.4 cm³/mol. The third-order valence-electron chi connectivity index (χ3n) is 5.77. The molecule has 1 aromatic rings. The maximum Gasteiger partial charge on any atom is 0.212 e. The lowest BCUT2D eigenvalue weighted by Crippen LogP contribution is -2.45. The van der Waals surface area contributed by atoms with E-state index in [1.54, 1.807) is 18.3 Å². The van der Waals surface area contributed by atoms with Gasteiger partial charge >= 0.3 is 0 Å². The molecule has 0 radical (unpaired) electrons. The summed E-state index contributed by atoms with van der Waals surface area (Å²) in [6, 6.07) is 5.38. The highest BCUT2D eigenvalue weighted by Crippen LogP contribution is 2.64. The molecule has 0 spiro atoms. The number of nitrogens with zero attached hydrogens (tertiary/aromatic N) is 1. The zero-order valence-electron chi connectivity index (χ0n) is 13.0. The van der Waals surface area contributed by atoms with E-state index in [0.29, 0.717) is 24.5 Å². The first-order chi connectivity index (χ1) is 10.3. The van der Waals surface area contributed by atoms with Crippen LogP contribution in [0, 0.1) is 16.7 Å². The van der Waals surface area contributed by atoms with Gasteiger partial charge in [0.1, 0.15) is 5.78 Å². The van der Waals surface area contributed by atoms with Gasteiger partial charge in [0.05, 0.1) is 18.0 Å². The highest BCUT2D eigenvalue weighted by molar-refractivity contribution is 7.89.